The molecular weight excluding hydrogens is 358 g/mol. The fraction of sp³-hybridized carbons (Fsp3) is 0.238. The molecule has 1 heterocycles. The molecule has 7 heteroatoms. The minimum absolute atomic E-state index is 0.161. The average Bonchev–Trinajstić information content (AvgIpc) is 2.95. The predicted octanol–water partition coefficient (Wildman–Crippen LogP) is 1.10. The molecule has 0 unspecified atom stereocenters. The van der Waals surface area contributed by atoms with Crippen LogP contribution < -0.4 is 5.32 Å². The molecule has 0 aromatic heterocycles. The molecule has 1 N–H and O–H groups in total. The highest BCUT2D eigenvalue weighted by molar-refractivity contribution is 6.22. The van der Waals surface area contributed by atoms with Gasteiger partial charge in [0.05, 0.1) is 17.7 Å². The summed E-state index contributed by atoms with van der Waals surface area (Å²) < 4.78 is 0. The van der Waals surface area contributed by atoms with Gasteiger partial charge >= 0.3 is 0 Å². The van der Waals surface area contributed by atoms with Gasteiger partial charge < -0.3 is 10.2 Å². The fourth-order valence-electron chi connectivity index (χ4n) is 3.07. The third kappa shape index (κ3) is 3.78. The van der Waals surface area contributed by atoms with Crippen molar-refractivity contribution in [3.63, 3.8) is 0 Å². The maximum absolute atomic E-state index is 12.9. The number of imide groups is 1. The molecule has 0 fully saturated rings. The van der Waals surface area contributed by atoms with Crippen LogP contribution in [-0.2, 0) is 16.0 Å². The van der Waals surface area contributed by atoms with Crippen molar-refractivity contribution < 1.29 is 19.2 Å². The Balaban J connectivity index is 1.88. The monoisotopic (exact) mass is 379 g/mol. The van der Waals surface area contributed by atoms with Gasteiger partial charge in [0.2, 0.25) is 11.8 Å². The molecule has 0 aliphatic carbocycles. The van der Waals surface area contributed by atoms with Crippen molar-refractivity contribution in [1.82, 2.24) is 15.1 Å². The number of hydrogen-bond donors (Lipinski definition) is 1. The molecule has 2 aromatic carbocycles. The van der Waals surface area contributed by atoms with E-state index in [1.54, 1.807) is 38.4 Å². The molecule has 28 heavy (non-hydrogen) atoms. The van der Waals surface area contributed by atoms with E-state index in [1.165, 1.54) is 4.90 Å². The Morgan fingerprint density at radius 3 is 2.00 bits per heavy atom. The van der Waals surface area contributed by atoms with Gasteiger partial charge in [-0.05, 0) is 17.7 Å². The van der Waals surface area contributed by atoms with E-state index in [-0.39, 0.29) is 30.0 Å². The predicted molar refractivity (Wildman–Crippen MR) is 103 cm³/mol. The van der Waals surface area contributed by atoms with Crippen LogP contribution >= 0.6 is 0 Å². The topological polar surface area (TPSA) is 86.8 Å². The number of nitrogens with zero attached hydrogens (tertiary/aromatic N) is 2. The number of amides is 4. The summed E-state index contributed by atoms with van der Waals surface area (Å²) in [6.07, 6.45) is 0.161. The number of rotatable bonds is 6. The molecule has 3 rings (SSSR count). The van der Waals surface area contributed by atoms with Gasteiger partial charge in [0, 0.05) is 20.5 Å². The molecule has 1 atom stereocenters. The molecule has 1 aliphatic heterocycles. The minimum Gasteiger partial charge on any atom is -0.347 e. The molecule has 0 radical (unpaired) electrons. The van der Waals surface area contributed by atoms with E-state index in [4.69, 9.17) is 0 Å². The first-order chi connectivity index (χ1) is 13.4. The quantitative estimate of drug-likeness (QED) is 0.762. The first kappa shape index (κ1) is 19.3. The van der Waals surface area contributed by atoms with Gasteiger partial charge in [-0.15, -0.1) is 0 Å². The molecule has 0 saturated carbocycles. The van der Waals surface area contributed by atoms with Gasteiger partial charge in [-0.1, -0.05) is 42.5 Å². The highest BCUT2D eigenvalue weighted by Gasteiger charge is 2.42. The summed E-state index contributed by atoms with van der Waals surface area (Å²) >= 11 is 0. The Hall–Kier alpha value is -3.48. The van der Waals surface area contributed by atoms with E-state index in [2.05, 4.69) is 5.32 Å². The van der Waals surface area contributed by atoms with Crippen LogP contribution in [0.4, 0.5) is 0 Å². The van der Waals surface area contributed by atoms with Crippen LogP contribution in [0.2, 0.25) is 0 Å². The van der Waals surface area contributed by atoms with Crippen LogP contribution in [0.25, 0.3) is 0 Å². The lowest BCUT2D eigenvalue weighted by atomic mass is 10.0. The Bertz CT molecular complexity index is 889. The van der Waals surface area contributed by atoms with Crippen molar-refractivity contribution in [2.45, 2.75) is 12.5 Å². The second-order valence-corrected chi connectivity index (χ2v) is 6.74. The number of likely N-dealkylation sites (N-methyl/N-ethyl adjacent to an activating group) is 1. The minimum atomic E-state index is -1.05. The van der Waals surface area contributed by atoms with Crippen LogP contribution in [0.15, 0.2) is 54.6 Å². The standard InChI is InChI=1S/C21H21N3O4/c1-23(2)18(25)13-22-19(26)17(12-14-8-4-3-5-9-14)24-20(27)15-10-6-7-11-16(15)21(24)28/h3-11,17H,12-13H2,1-2H3,(H,22,26)/t17-/m0/s1. The van der Waals surface area contributed by atoms with Gasteiger partial charge in [0.25, 0.3) is 11.8 Å². The molecule has 0 saturated heterocycles. The van der Waals surface area contributed by atoms with Crippen LogP contribution in [0.3, 0.4) is 0 Å². The summed E-state index contributed by atoms with van der Waals surface area (Å²) in [6, 6.07) is 14.6. The Morgan fingerprint density at radius 2 is 1.46 bits per heavy atom. The molecule has 1 aliphatic rings. The number of benzene rings is 2. The molecule has 7 nitrogen and oxygen atoms in total. The number of nitrogens with one attached hydrogen (secondary N) is 1. The SMILES string of the molecule is CN(C)C(=O)CNC(=O)[C@H](Cc1ccccc1)N1C(=O)c2ccccc2C1=O. The largest absolute Gasteiger partial charge is 0.347 e. The average molecular weight is 379 g/mol. The van der Waals surface area contributed by atoms with Crippen LogP contribution in [-0.4, -0.2) is 60.1 Å². The summed E-state index contributed by atoms with van der Waals surface area (Å²) in [5.74, 6) is -1.84. The van der Waals surface area contributed by atoms with Crippen LogP contribution in [0.5, 0.6) is 0 Å². The van der Waals surface area contributed by atoms with E-state index in [1.807, 2.05) is 30.3 Å². The molecule has 0 bridgehead atoms. The maximum Gasteiger partial charge on any atom is 0.262 e. The highest BCUT2D eigenvalue weighted by atomic mass is 16.2. The van der Waals surface area contributed by atoms with Crippen molar-refractivity contribution in [3.05, 3.63) is 71.3 Å². The molecule has 0 spiro atoms. The molecule has 144 valence electrons. The van der Waals surface area contributed by atoms with Gasteiger partial charge in [0.1, 0.15) is 6.04 Å². The summed E-state index contributed by atoms with van der Waals surface area (Å²) in [7, 11) is 3.17. The Morgan fingerprint density at radius 1 is 0.929 bits per heavy atom. The lowest BCUT2D eigenvalue weighted by Crippen LogP contribution is -2.52. The van der Waals surface area contributed by atoms with Crippen molar-refractivity contribution in [3.8, 4) is 0 Å². The molecule has 2 aromatic rings. The first-order valence-electron chi connectivity index (χ1n) is 8.89. The van der Waals surface area contributed by atoms with E-state index in [0.29, 0.717) is 0 Å². The van der Waals surface area contributed by atoms with E-state index in [9.17, 15) is 19.2 Å². The number of carbonyl (C=O) groups is 4. The van der Waals surface area contributed by atoms with Gasteiger partial charge in [-0.3, -0.25) is 24.1 Å². The van der Waals surface area contributed by atoms with Crippen LogP contribution in [0.1, 0.15) is 26.3 Å². The van der Waals surface area contributed by atoms with E-state index < -0.39 is 23.8 Å². The summed E-state index contributed by atoms with van der Waals surface area (Å²) in [5.41, 5.74) is 1.36. The maximum atomic E-state index is 12.9. The molecule has 4 amide bonds. The third-order valence-corrected chi connectivity index (χ3v) is 4.62. The number of carbonyl (C=O) groups excluding carboxylic acids is 4. The normalized spacial score (nSPS) is 13.9. The Kier molecular flexibility index (Phi) is 5.54. The first-order valence-corrected chi connectivity index (χ1v) is 8.89. The lowest BCUT2D eigenvalue weighted by Gasteiger charge is -2.25. The fourth-order valence-corrected chi connectivity index (χ4v) is 3.07. The van der Waals surface area contributed by atoms with E-state index in [0.717, 1.165) is 10.5 Å². The second kappa shape index (κ2) is 8.04. The zero-order valence-corrected chi connectivity index (χ0v) is 15.7. The van der Waals surface area contributed by atoms with Crippen molar-refractivity contribution >= 4 is 23.6 Å². The third-order valence-electron chi connectivity index (χ3n) is 4.62. The van der Waals surface area contributed by atoms with Crippen LogP contribution in [0, 0.1) is 0 Å². The van der Waals surface area contributed by atoms with Gasteiger partial charge in [0.15, 0.2) is 0 Å². The van der Waals surface area contributed by atoms with Crippen molar-refractivity contribution in [2.24, 2.45) is 0 Å². The van der Waals surface area contributed by atoms with E-state index >= 15 is 0 Å². The van der Waals surface area contributed by atoms with Gasteiger partial charge in [-0.25, -0.2) is 0 Å². The zero-order chi connectivity index (χ0) is 20.3. The zero-order valence-electron chi connectivity index (χ0n) is 15.7. The van der Waals surface area contributed by atoms with Crippen molar-refractivity contribution in [1.29, 1.82) is 0 Å². The van der Waals surface area contributed by atoms with Gasteiger partial charge in [-0.2, -0.15) is 0 Å². The molecular formula is C21H21N3O4. The summed E-state index contributed by atoms with van der Waals surface area (Å²) in [6.45, 7) is -0.208. The summed E-state index contributed by atoms with van der Waals surface area (Å²) in [5, 5.41) is 2.55. The number of hydrogen-bond acceptors (Lipinski definition) is 4. The Labute approximate surface area is 162 Å². The lowest BCUT2D eigenvalue weighted by molar-refractivity contribution is -0.132. The smallest absolute Gasteiger partial charge is 0.262 e. The van der Waals surface area contributed by atoms with Crippen molar-refractivity contribution in [2.75, 3.05) is 20.6 Å². The highest BCUT2D eigenvalue weighted by Crippen LogP contribution is 2.26. The number of fused-ring (bicyclic) bond motifs is 1. The second-order valence-electron chi connectivity index (χ2n) is 6.74. The summed E-state index contributed by atoms with van der Waals surface area (Å²) in [4.78, 5) is 52.7.